The van der Waals surface area contributed by atoms with E-state index < -0.39 is 4.92 Å². The SMILES string of the molecule is N#Cc1cc([N+](=O)[O-])ccc1N[C@H]1CC[C@H](OCC(=O)N2CCN(c3ccc(Cl)cc3)CC2)CC1. The number of nitro benzene ring substituents is 1. The van der Waals surface area contributed by atoms with Crippen LogP contribution in [0.2, 0.25) is 5.02 Å². The first-order valence-electron chi connectivity index (χ1n) is 11.8. The molecule has 0 spiro atoms. The molecule has 9 nitrogen and oxygen atoms in total. The highest BCUT2D eigenvalue weighted by Crippen LogP contribution is 2.28. The second-order valence-corrected chi connectivity index (χ2v) is 9.31. The predicted molar refractivity (Wildman–Crippen MR) is 134 cm³/mol. The molecule has 4 rings (SSSR count). The molecule has 2 aromatic rings. The smallest absolute Gasteiger partial charge is 0.270 e. The number of ether oxygens (including phenoxy) is 1. The summed E-state index contributed by atoms with van der Waals surface area (Å²) >= 11 is 5.96. The molecule has 0 radical (unpaired) electrons. The van der Waals surface area contributed by atoms with E-state index in [4.69, 9.17) is 16.3 Å². The van der Waals surface area contributed by atoms with Crippen LogP contribution in [0, 0.1) is 21.4 Å². The number of hydrogen-bond donors (Lipinski definition) is 1. The Morgan fingerprint density at radius 2 is 1.80 bits per heavy atom. The Kier molecular flexibility index (Phi) is 8.06. The zero-order chi connectivity index (χ0) is 24.8. The molecule has 2 fully saturated rings. The van der Waals surface area contributed by atoms with E-state index in [1.54, 1.807) is 6.07 Å². The van der Waals surface area contributed by atoms with E-state index in [0.717, 1.165) is 44.5 Å². The number of nitrogens with zero attached hydrogens (tertiary/aromatic N) is 4. The van der Waals surface area contributed by atoms with Gasteiger partial charge in [-0.3, -0.25) is 14.9 Å². The molecule has 2 aliphatic rings. The first kappa shape index (κ1) is 24.8. The molecular weight excluding hydrogens is 470 g/mol. The molecule has 0 aromatic heterocycles. The topological polar surface area (TPSA) is 112 Å². The van der Waals surface area contributed by atoms with Crippen LogP contribution in [0.5, 0.6) is 0 Å². The minimum absolute atomic E-state index is 0.0190. The van der Waals surface area contributed by atoms with Crippen molar-refractivity contribution in [2.24, 2.45) is 0 Å². The van der Waals surface area contributed by atoms with Crippen LogP contribution in [0.3, 0.4) is 0 Å². The van der Waals surface area contributed by atoms with Crippen LogP contribution in [0.25, 0.3) is 0 Å². The third kappa shape index (κ3) is 6.41. The van der Waals surface area contributed by atoms with Crippen LogP contribution in [-0.2, 0) is 9.53 Å². The summed E-state index contributed by atoms with van der Waals surface area (Å²) in [5.74, 6) is 0.0190. The first-order chi connectivity index (χ1) is 16.9. The second-order valence-electron chi connectivity index (χ2n) is 8.87. The van der Waals surface area contributed by atoms with Crippen molar-refractivity contribution in [3.63, 3.8) is 0 Å². The van der Waals surface area contributed by atoms with Gasteiger partial charge in [-0.1, -0.05) is 11.6 Å². The van der Waals surface area contributed by atoms with Crippen molar-refractivity contribution in [2.45, 2.75) is 37.8 Å². The van der Waals surface area contributed by atoms with E-state index in [0.29, 0.717) is 23.8 Å². The largest absolute Gasteiger partial charge is 0.381 e. The zero-order valence-electron chi connectivity index (χ0n) is 19.4. The lowest BCUT2D eigenvalue weighted by Crippen LogP contribution is -2.50. The zero-order valence-corrected chi connectivity index (χ0v) is 20.1. The van der Waals surface area contributed by atoms with Gasteiger partial charge in [-0.2, -0.15) is 5.26 Å². The number of anilines is 2. The van der Waals surface area contributed by atoms with Crippen LogP contribution in [0.4, 0.5) is 17.1 Å². The van der Waals surface area contributed by atoms with Gasteiger partial charge in [0.2, 0.25) is 5.91 Å². The Bertz CT molecular complexity index is 1090. The van der Waals surface area contributed by atoms with Crippen LogP contribution < -0.4 is 10.2 Å². The lowest BCUT2D eigenvalue weighted by atomic mass is 9.92. The van der Waals surface area contributed by atoms with Crippen LogP contribution >= 0.6 is 11.6 Å². The van der Waals surface area contributed by atoms with E-state index in [1.165, 1.54) is 12.1 Å². The van der Waals surface area contributed by atoms with Crippen molar-refractivity contribution in [2.75, 3.05) is 43.0 Å². The number of non-ortho nitro benzene ring substituents is 1. The van der Waals surface area contributed by atoms with Gasteiger partial charge in [0.25, 0.3) is 5.69 Å². The molecule has 1 heterocycles. The van der Waals surface area contributed by atoms with Gasteiger partial charge in [-0.25, -0.2) is 0 Å². The van der Waals surface area contributed by atoms with Crippen molar-refractivity contribution in [3.05, 3.63) is 63.2 Å². The van der Waals surface area contributed by atoms with Crippen LogP contribution in [0.15, 0.2) is 42.5 Å². The van der Waals surface area contributed by atoms with Crippen molar-refractivity contribution in [1.82, 2.24) is 4.90 Å². The van der Waals surface area contributed by atoms with Gasteiger partial charge in [0.15, 0.2) is 0 Å². The third-order valence-corrected chi connectivity index (χ3v) is 6.89. The predicted octanol–water partition coefficient (Wildman–Crippen LogP) is 4.21. The fourth-order valence-electron chi connectivity index (χ4n) is 4.60. The highest BCUT2D eigenvalue weighted by molar-refractivity contribution is 6.30. The minimum Gasteiger partial charge on any atom is -0.381 e. The Labute approximate surface area is 209 Å². The number of halogens is 1. The number of nitriles is 1. The average Bonchev–Trinajstić information content (AvgIpc) is 2.88. The van der Waals surface area contributed by atoms with Gasteiger partial charge in [-0.15, -0.1) is 0 Å². The number of carbonyl (C=O) groups excluding carboxylic acids is 1. The molecule has 1 amide bonds. The minimum atomic E-state index is -0.506. The molecule has 0 atom stereocenters. The van der Waals surface area contributed by atoms with Gasteiger partial charge in [0, 0.05) is 55.1 Å². The lowest BCUT2D eigenvalue weighted by molar-refractivity contribution is -0.384. The molecule has 1 N–H and O–H groups in total. The van der Waals surface area contributed by atoms with Crippen molar-refractivity contribution >= 4 is 34.6 Å². The summed E-state index contributed by atoms with van der Waals surface area (Å²) in [5, 5.41) is 24.3. The van der Waals surface area contributed by atoms with Crippen molar-refractivity contribution < 1.29 is 14.5 Å². The monoisotopic (exact) mass is 497 g/mol. The number of carbonyl (C=O) groups is 1. The normalized spacial score (nSPS) is 20.2. The molecular formula is C25H28ClN5O4. The number of benzene rings is 2. The molecule has 10 heteroatoms. The quantitative estimate of drug-likeness (QED) is 0.450. The number of hydrogen-bond acceptors (Lipinski definition) is 7. The van der Waals surface area contributed by atoms with E-state index in [1.807, 2.05) is 35.2 Å². The molecule has 0 bridgehead atoms. The Morgan fingerprint density at radius 1 is 1.11 bits per heavy atom. The molecule has 2 aromatic carbocycles. The molecule has 1 aliphatic heterocycles. The summed E-state index contributed by atoms with van der Waals surface area (Å²) in [7, 11) is 0. The van der Waals surface area contributed by atoms with Gasteiger partial charge in [-0.05, 0) is 56.0 Å². The van der Waals surface area contributed by atoms with Crippen molar-refractivity contribution in [1.29, 1.82) is 5.26 Å². The van der Waals surface area contributed by atoms with Gasteiger partial charge in [0.1, 0.15) is 12.7 Å². The molecule has 35 heavy (non-hydrogen) atoms. The summed E-state index contributed by atoms with van der Waals surface area (Å²) in [5.41, 5.74) is 1.88. The maximum Gasteiger partial charge on any atom is 0.270 e. The number of nitrogens with one attached hydrogen (secondary N) is 1. The summed E-state index contributed by atoms with van der Waals surface area (Å²) in [6.45, 7) is 2.97. The van der Waals surface area contributed by atoms with Crippen LogP contribution in [0.1, 0.15) is 31.2 Å². The van der Waals surface area contributed by atoms with E-state index in [2.05, 4.69) is 10.2 Å². The maximum absolute atomic E-state index is 12.7. The van der Waals surface area contributed by atoms with Gasteiger partial charge >= 0.3 is 0 Å². The lowest BCUT2D eigenvalue weighted by Gasteiger charge is -2.36. The summed E-state index contributed by atoms with van der Waals surface area (Å²) in [4.78, 5) is 27.2. The van der Waals surface area contributed by atoms with E-state index >= 15 is 0 Å². The standard InChI is InChI=1S/C25H28ClN5O4/c26-19-1-5-21(6-2-19)29-11-13-30(14-12-29)25(32)17-35-23-8-3-20(4-9-23)28-24-10-7-22(31(33)34)15-18(24)16-27/h1-2,5-7,10,15,20,23,28H,3-4,8-9,11-14,17H2/t20-,23-. The number of piperazine rings is 1. The second kappa shape index (κ2) is 11.4. The fourth-order valence-corrected chi connectivity index (χ4v) is 4.73. The molecule has 1 saturated heterocycles. The van der Waals surface area contributed by atoms with Gasteiger partial charge < -0.3 is 19.9 Å². The Balaban J connectivity index is 1.18. The summed E-state index contributed by atoms with van der Waals surface area (Å²) < 4.78 is 5.93. The summed E-state index contributed by atoms with van der Waals surface area (Å²) in [6.07, 6.45) is 3.31. The molecule has 184 valence electrons. The number of amides is 1. The first-order valence-corrected chi connectivity index (χ1v) is 12.2. The Hall–Kier alpha value is -3.35. The average molecular weight is 498 g/mol. The molecule has 1 saturated carbocycles. The molecule has 0 unspecified atom stereocenters. The maximum atomic E-state index is 12.7. The number of rotatable bonds is 7. The number of nitro groups is 1. The van der Waals surface area contributed by atoms with E-state index in [9.17, 15) is 20.2 Å². The van der Waals surface area contributed by atoms with Crippen molar-refractivity contribution in [3.8, 4) is 6.07 Å². The Morgan fingerprint density at radius 3 is 2.43 bits per heavy atom. The van der Waals surface area contributed by atoms with Gasteiger partial charge in [0.05, 0.1) is 22.3 Å². The van der Waals surface area contributed by atoms with Crippen LogP contribution in [-0.4, -0.2) is 60.7 Å². The summed E-state index contributed by atoms with van der Waals surface area (Å²) in [6, 6.07) is 14.2. The molecule has 1 aliphatic carbocycles. The van der Waals surface area contributed by atoms with E-state index in [-0.39, 0.29) is 35.9 Å². The highest BCUT2D eigenvalue weighted by atomic mass is 35.5. The third-order valence-electron chi connectivity index (χ3n) is 6.63. The fraction of sp³-hybridized carbons (Fsp3) is 0.440. The highest BCUT2D eigenvalue weighted by Gasteiger charge is 2.26.